The van der Waals surface area contributed by atoms with Crippen LogP contribution in [0.25, 0.3) is 0 Å². The van der Waals surface area contributed by atoms with E-state index in [-0.39, 0.29) is 0 Å². The van der Waals surface area contributed by atoms with Crippen molar-refractivity contribution in [2.24, 2.45) is 0 Å². The summed E-state index contributed by atoms with van der Waals surface area (Å²) in [7, 11) is 0. The molecular formula is C14H18O. The van der Waals surface area contributed by atoms with Crippen LogP contribution in [0.3, 0.4) is 0 Å². The third-order valence-electron chi connectivity index (χ3n) is 1.67. The Morgan fingerprint density at radius 3 is 2.20 bits per heavy atom. The molecule has 0 spiro atoms. The van der Waals surface area contributed by atoms with Crippen molar-refractivity contribution in [2.75, 3.05) is 0 Å². The highest BCUT2D eigenvalue weighted by Crippen LogP contribution is 2.07. The lowest BCUT2D eigenvalue weighted by Gasteiger charge is -2.03. The standard InChI is InChI=1S/C14H18O/c1-6-8-9-13(4)15-14(5)11-10-12(3)7-2/h6-11H,1,4-5H2,2-3H3/b9-8-,11-10-,12-7-. The number of rotatable bonds is 6. The van der Waals surface area contributed by atoms with Crippen molar-refractivity contribution in [1.82, 2.24) is 0 Å². The topological polar surface area (TPSA) is 9.23 Å². The largest absolute Gasteiger partial charge is 0.459 e. The molecule has 80 valence electrons. The summed E-state index contributed by atoms with van der Waals surface area (Å²) in [5.41, 5.74) is 1.16. The Kier molecular flexibility index (Phi) is 6.73. The minimum atomic E-state index is 0.544. The molecule has 0 heterocycles. The van der Waals surface area contributed by atoms with E-state index in [2.05, 4.69) is 19.7 Å². The molecule has 0 atom stereocenters. The highest BCUT2D eigenvalue weighted by atomic mass is 16.5. The minimum Gasteiger partial charge on any atom is -0.459 e. The summed E-state index contributed by atoms with van der Waals surface area (Å²) >= 11 is 0. The third kappa shape index (κ3) is 7.32. The molecule has 0 unspecified atom stereocenters. The zero-order chi connectivity index (χ0) is 11.7. The van der Waals surface area contributed by atoms with E-state index in [1.165, 1.54) is 0 Å². The van der Waals surface area contributed by atoms with Gasteiger partial charge in [0.05, 0.1) is 0 Å². The molecule has 1 nitrogen and oxygen atoms in total. The van der Waals surface area contributed by atoms with Crippen LogP contribution in [0.4, 0.5) is 0 Å². The van der Waals surface area contributed by atoms with Gasteiger partial charge in [-0.25, -0.2) is 0 Å². The quantitative estimate of drug-likeness (QED) is 0.461. The summed E-state index contributed by atoms with van der Waals surface area (Å²) in [5, 5.41) is 0. The van der Waals surface area contributed by atoms with Crippen LogP contribution in [0.15, 0.2) is 73.3 Å². The van der Waals surface area contributed by atoms with Gasteiger partial charge in [0, 0.05) is 0 Å². The molecule has 0 aromatic rings. The van der Waals surface area contributed by atoms with Gasteiger partial charge in [-0.3, -0.25) is 0 Å². The van der Waals surface area contributed by atoms with Crippen LogP contribution in [-0.4, -0.2) is 0 Å². The van der Waals surface area contributed by atoms with Crippen LogP contribution in [-0.2, 0) is 4.74 Å². The van der Waals surface area contributed by atoms with Gasteiger partial charge in [0.1, 0.15) is 11.5 Å². The van der Waals surface area contributed by atoms with Crippen molar-refractivity contribution in [3.63, 3.8) is 0 Å². The zero-order valence-corrected chi connectivity index (χ0v) is 9.49. The molecule has 1 heteroatoms. The maximum Gasteiger partial charge on any atom is 0.120 e. The lowest BCUT2D eigenvalue weighted by Crippen LogP contribution is -1.84. The van der Waals surface area contributed by atoms with Crippen LogP contribution in [0.5, 0.6) is 0 Å². The predicted molar refractivity (Wildman–Crippen MR) is 67.3 cm³/mol. The Labute approximate surface area is 92.5 Å². The molecule has 0 rings (SSSR count). The number of hydrogen-bond donors (Lipinski definition) is 0. The molecule has 0 bridgehead atoms. The van der Waals surface area contributed by atoms with Gasteiger partial charge in [0.15, 0.2) is 0 Å². The summed E-state index contributed by atoms with van der Waals surface area (Å²) in [6.45, 7) is 15.0. The van der Waals surface area contributed by atoms with E-state index < -0.39 is 0 Å². The Morgan fingerprint density at radius 2 is 1.67 bits per heavy atom. The molecule has 0 aromatic carbocycles. The third-order valence-corrected chi connectivity index (χ3v) is 1.67. The SMILES string of the molecule is C=C/C=C\C(=C)OC(=C)/C=C\C(C)=C/C. The molecule has 0 saturated heterocycles. The van der Waals surface area contributed by atoms with Gasteiger partial charge in [0.25, 0.3) is 0 Å². The molecule has 0 saturated carbocycles. The molecular weight excluding hydrogens is 184 g/mol. The average molecular weight is 202 g/mol. The maximum absolute atomic E-state index is 5.31. The fraction of sp³-hybridized carbons (Fsp3) is 0.143. The Morgan fingerprint density at radius 1 is 1.07 bits per heavy atom. The molecule has 0 aliphatic rings. The molecule has 0 radical (unpaired) electrons. The fourth-order valence-corrected chi connectivity index (χ4v) is 0.732. The van der Waals surface area contributed by atoms with E-state index in [1.54, 1.807) is 18.2 Å². The first-order valence-electron chi connectivity index (χ1n) is 4.76. The van der Waals surface area contributed by atoms with Gasteiger partial charge in [-0.15, -0.1) is 0 Å². The van der Waals surface area contributed by atoms with Crippen molar-refractivity contribution >= 4 is 0 Å². The lowest BCUT2D eigenvalue weighted by molar-refractivity contribution is 0.340. The molecule has 0 amide bonds. The number of hydrogen-bond acceptors (Lipinski definition) is 1. The van der Waals surface area contributed by atoms with E-state index in [0.717, 1.165) is 5.57 Å². The smallest absolute Gasteiger partial charge is 0.120 e. The van der Waals surface area contributed by atoms with Crippen LogP contribution in [0.2, 0.25) is 0 Å². The van der Waals surface area contributed by atoms with Gasteiger partial charge in [-0.1, -0.05) is 49.6 Å². The second-order valence-electron chi connectivity index (χ2n) is 3.00. The van der Waals surface area contributed by atoms with Crippen LogP contribution in [0, 0.1) is 0 Å². The summed E-state index contributed by atoms with van der Waals surface area (Å²) in [5.74, 6) is 1.11. The summed E-state index contributed by atoms with van der Waals surface area (Å²) in [6, 6.07) is 0. The Bertz CT molecular complexity index is 327. The van der Waals surface area contributed by atoms with E-state index in [9.17, 15) is 0 Å². The highest BCUT2D eigenvalue weighted by molar-refractivity contribution is 5.23. The maximum atomic E-state index is 5.31. The fourth-order valence-electron chi connectivity index (χ4n) is 0.732. The van der Waals surface area contributed by atoms with Gasteiger partial charge >= 0.3 is 0 Å². The zero-order valence-electron chi connectivity index (χ0n) is 9.49. The first-order chi connectivity index (χ1) is 7.10. The van der Waals surface area contributed by atoms with Crippen LogP contribution >= 0.6 is 0 Å². The van der Waals surface area contributed by atoms with Gasteiger partial charge < -0.3 is 4.74 Å². The van der Waals surface area contributed by atoms with Crippen molar-refractivity contribution in [2.45, 2.75) is 13.8 Å². The Balaban J connectivity index is 4.15. The molecule has 0 aliphatic heterocycles. The second-order valence-corrected chi connectivity index (χ2v) is 3.00. The van der Waals surface area contributed by atoms with E-state index in [4.69, 9.17) is 4.74 Å². The van der Waals surface area contributed by atoms with E-state index in [1.807, 2.05) is 32.1 Å². The van der Waals surface area contributed by atoms with Crippen LogP contribution < -0.4 is 0 Å². The second kappa shape index (κ2) is 7.63. The molecule has 0 fully saturated rings. The van der Waals surface area contributed by atoms with Crippen molar-refractivity contribution < 1.29 is 4.74 Å². The summed E-state index contributed by atoms with van der Waals surface area (Å²) in [4.78, 5) is 0. The monoisotopic (exact) mass is 202 g/mol. The van der Waals surface area contributed by atoms with Crippen molar-refractivity contribution in [3.05, 3.63) is 73.3 Å². The van der Waals surface area contributed by atoms with Crippen molar-refractivity contribution in [1.29, 1.82) is 0 Å². The van der Waals surface area contributed by atoms with Gasteiger partial charge in [0.2, 0.25) is 0 Å². The molecule has 0 aliphatic carbocycles. The first kappa shape index (κ1) is 13.2. The minimum absolute atomic E-state index is 0.544. The number of allylic oxidation sites excluding steroid dienone is 7. The average Bonchev–Trinajstić information content (AvgIpc) is 2.22. The van der Waals surface area contributed by atoms with Crippen molar-refractivity contribution in [3.8, 4) is 0 Å². The molecule has 15 heavy (non-hydrogen) atoms. The highest BCUT2D eigenvalue weighted by Gasteiger charge is 1.90. The van der Waals surface area contributed by atoms with Gasteiger partial charge in [-0.2, -0.15) is 0 Å². The molecule has 0 aromatic heterocycles. The molecule has 0 N–H and O–H groups in total. The van der Waals surface area contributed by atoms with E-state index in [0.29, 0.717) is 11.5 Å². The normalized spacial score (nSPS) is 12.0. The first-order valence-corrected chi connectivity index (χ1v) is 4.76. The number of ether oxygens (including phenoxy) is 1. The van der Waals surface area contributed by atoms with Gasteiger partial charge in [-0.05, 0) is 26.0 Å². The lowest BCUT2D eigenvalue weighted by atomic mass is 10.2. The van der Waals surface area contributed by atoms with Crippen LogP contribution in [0.1, 0.15) is 13.8 Å². The summed E-state index contributed by atoms with van der Waals surface area (Å²) < 4.78 is 5.31. The summed E-state index contributed by atoms with van der Waals surface area (Å²) in [6.07, 6.45) is 10.9. The predicted octanol–water partition coefficient (Wildman–Crippen LogP) is 4.30. The van der Waals surface area contributed by atoms with E-state index >= 15 is 0 Å². The Hall–Kier alpha value is -1.76.